The van der Waals surface area contributed by atoms with Crippen LogP contribution in [0.2, 0.25) is 5.02 Å². The fourth-order valence-electron chi connectivity index (χ4n) is 2.73. The molecule has 9 heteroatoms. The third-order valence-corrected chi connectivity index (χ3v) is 5.05. The van der Waals surface area contributed by atoms with E-state index < -0.39 is 10.9 Å². The smallest absolute Gasteiger partial charge is 0.305 e. The molecule has 0 atom stereocenters. The van der Waals surface area contributed by atoms with Gasteiger partial charge in [0.2, 0.25) is 16.8 Å². The van der Waals surface area contributed by atoms with Crippen LogP contribution in [0.25, 0.3) is 5.69 Å². The van der Waals surface area contributed by atoms with Crippen LogP contribution in [0.5, 0.6) is 0 Å². The molecule has 1 radical (unpaired) electrons. The van der Waals surface area contributed by atoms with Crippen LogP contribution in [-0.2, 0) is 26.8 Å². The number of aromatic nitrogens is 2. The quantitative estimate of drug-likeness (QED) is 0.471. The molecule has 0 aliphatic rings. The van der Waals surface area contributed by atoms with Crippen molar-refractivity contribution < 1.29 is 17.9 Å². The standard InChI is InChI=1S/C19H17ClN3O4S/c1-27-18(24)11-6-14-4-2-3-5-17(14)22-13-12-21-19(22)23(28(25)26)16-9-7-15(20)8-10-16/h2,4-5,7-10,12-13,28H,6,11H2,1H3. The minimum atomic E-state index is -3.01. The van der Waals surface area contributed by atoms with E-state index in [0.29, 0.717) is 22.8 Å². The summed E-state index contributed by atoms with van der Waals surface area (Å²) in [4.78, 5) is 15.7. The van der Waals surface area contributed by atoms with E-state index in [4.69, 9.17) is 16.3 Å². The summed E-state index contributed by atoms with van der Waals surface area (Å²) in [6.07, 6.45) is 3.79. The summed E-state index contributed by atoms with van der Waals surface area (Å²) in [7, 11) is -1.68. The molecule has 3 aromatic rings. The number of thiol groups is 1. The van der Waals surface area contributed by atoms with Crippen molar-refractivity contribution >= 4 is 40.1 Å². The zero-order chi connectivity index (χ0) is 20.1. The fraction of sp³-hybridized carbons (Fsp3) is 0.158. The van der Waals surface area contributed by atoms with Crippen molar-refractivity contribution in [1.82, 2.24) is 9.55 Å². The molecule has 0 saturated carbocycles. The van der Waals surface area contributed by atoms with Crippen molar-refractivity contribution in [3.05, 3.63) is 71.5 Å². The van der Waals surface area contributed by atoms with Gasteiger partial charge < -0.3 is 4.74 Å². The maximum Gasteiger partial charge on any atom is 0.305 e. The Kier molecular flexibility index (Phi) is 6.33. The number of benzene rings is 2. The van der Waals surface area contributed by atoms with Crippen molar-refractivity contribution in [2.75, 3.05) is 11.4 Å². The van der Waals surface area contributed by atoms with Gasteiger partial charge in [0.15, 0.2) is 0 Å². The number of hydrogen-bond donors (Lipinski definition) is 1. The molecule has 0 bridgehead atoms. The topological polar surface area (TPSA) is 81.5 Å². The minimum Gasteiger partial charge on any atom is -0.469 e. The molecular formula is C19H17ClN3O4S. The lowest BCUT2D eigenvalue weighted by molar-refractivity contribution is -0.140. The average Bonchev–Trinajstić information content (AvgIpc) is 3.16. The number of methoxy groups -OCH3 is 1. The lowest BCUT2D eigenvalue weighted by atomic mass is 10.1. The molecule has 0 fully saturated rings. The molecule has 0 aliphatic heterocycles. The first-order valence-electron chi connectivity index (χ1n) is 8.30. The van der Waals surface area contributed by atoms with E-state index in [0.717, 1.165) is 9.87 Å². The van der Waals surface area contributed by atoms with E-state index >= 15 is 0 Å². The Bertz CT molecular complexity index is 1040. The number of rotatable bonds is 7. The van der Waals surface area contributed by atoms with Gasteiger partial charge in [-0.3, -0.25) is 9.36 Å². The second kappa shape index (κ2) is 8.90. The Labute approximate surface area is 169 Å². The molecule has 3 rings (SSSR count). The normalized spacial score (nSPS) is 10.8. The maximum absolute atomic E-state index is 12.0. The summed E-state index contributed by atoms with van der Waals surface area (Å²) < 4.78 is 31.5. The van der Waals surface area contributed by atoms with Crippen molar-refractivity contribution in [2.24, 2.45) is 0 Å². The van der Waals surface area contributed by atoms with Gasteiger partial charge in [-0.15, -0.1) is 0 Å². The molecule has 0 unspecified atom stereocenters. The number of aryl methyl sites for hydroxylation is 1. The van der Waals surface area contributed by atoms with Gasteiger partial charge in [0.25, 0.3) is 0 Å². The second-order valence-electron chi connectivity index (χ2n) is 5.75. The van der Waals surface area contributed by atoms with Gasteiger partial charge in [0.1, 0.15) is 0 Å². The first-order valence-corrected chi connectivity index (χ1v) is 9.81. The van der Waals surface area contributed by atoms with E-state index in [1.165, 1.54) is 13.3 Å². The van der Waals surface area contributed by atoms with Gasteiger partial charge in [-0.25, -0.2) is 17.7 Å². The molecule has 145 valence electrons. The van der Waals surface area contributed by atoms with Gasteiger partial charge in [-0.05, 0) is 48.4 Å². The Morgan fingerprint density at radius 2 is 2.04 bits per heavy atom. The monoisotopic (exact) mass is 418 g/mol. The number of ether oxygens (including phenoxy) is 1. The molecule has 28 heavy (non-hydrogen) atoms. The van der Waals surface area contributed by atoms with Crippen molar-refractivity contribution in [1.29, 1.82) is 0 Å². The molecule has 0 amide bonds. The van der Waals surface area contributed by atoms with Gasteiger partial charge in [0.05, 0.1) is 18.5 Å². The molecule has 0 spiro atoms. The highest BCUT2D eigenvalue weighted by molar-refractivity contribution is 7.74. The summed E-state index contributed by atoms with van der Waals surface area (Å²) >= 11 is 5.91. The first-order chi connectivity index (χ1) is 13.5. The Balaban J connectivity index is 2.04. The zero-order valence-corrected chi connectivity index (χ0v) is 16.6. The number of esters is 1. The van der Waals surface area contributed by atoms with E-state index in [2.05, 4.69) is 11.1 Å². The third kappa shape index (κ3) is 4.35. The molecule has 0 aliphatic carbocycles. The number of anilines is 2. The fourth-order valence-corrected chi connectivity index (χ4v) is 3.48. The molecule has 1 aromatic heterocycles. The number of halogens is 1. The Morgan fingerprint density at radius 3 is 2.71 bits per heavy atom. The van der Waals surface area contributed by atoms with Crippen LogP contribution in [0.15, 0.2) is 54.9 Å². The highest BCUT2D eigenvalue weighted by Gasteiger charge is 2.19. The lowest BCUT2D eigenvalue weighted by Crippen LogP contribution is -2.19. The average molecular weight is 419 g/mol. The van der Waals surface area contributed by atoms with Crippen molar-refractivity contribution in [3.63, 3.8) is 0 Å². The van der Waals surface area contributed by atoms with E-state index in [1.807, 2.05) is 6.07 Å². The summed E-state index contributed by atoms with van der Waals surface area (Å²) in [6, 6.07) is 14.7. The highest BCUT2D eigenvalue weighted by Crippen LogP contribution is 2.29. The van der Waals surface area contributed by atoms with Gasteiger partial charge in [-0.1, -0.05) is 23.7 Å². The zero-order valence-electron chi connectivity index (χ0n) is 14.9. The largest absolute Gasteiger partial charge is 0.469 e. The summed E-state index contributed by atoms with van der Waals surface area (Å²) in [6.45, 7) is 0. The molecule has 0 saturated heterocycles. The molecule has 7 nitrogen and oxygen atoms in total. The van der Waals surface area contributed by atoms with E-state index in [1.54, 1.807) is 47.2 Å². The predicted octanol–water partition coefficient (Wildman–Crippen LogP) is 3.10. The first kappa shape index (κ1) is 19.9. The van der Waals surface area contributed by atoms with Crippen LogP contribution in [0.1, 0.15) is 12.0 Å². The van der Waals surface area contributed by atoms with E-state index in [-0.39, 0.29) is 18.3 Å². The number of nitrogens with zero attached hydrogens (tertiary/aromatic N) is 3. The second-order valence-corrected chi connectivity index (χ2v) is 7.07. The third-order valence-electron chi connectivity index (χ3n) is 4.06. The van der Waals surface area contributed by atoms with Crippen LogP contribution < -0.4 is 4.31 Å². The highest BCUT2D eigenvalue weighted by atomic mass is 35.5. The van der Waals surface area contributed by atoms with Gasteiger partial charge in [-0.2, -0.15) is 0 Å². The van der Waals surface area contributed by atoms with Gasteiger partial charge in [0, 0.05) is 23.8 Å². The molecule has 1 heterocycles. The van der Waals surface area contributed by atoms with E-state index in [9.17, 15) is 13.2 Å². The number of hydrogen-bond acceptors (Lipinski definition) is 5. The Morgan fingerprint density at radius 1 is 1.29 bits per heavy atom. The maximum atomic E-state index is 12.0. The summed E-state index contributed by atoms with van der Waals surface area (Å²) in [5, 5.41) is 0.496. The molecule has 2 aromatic carbocycles. The predicted molar refractivity (Wildman–Crippen MR) is 107 cm³/mol. The van der Waals surface area contributed by atoms with Crippen LogP contribution in [0, 0.1) is 6.07 Å². The SMILES string of the molecule is COC(=O)CCc1cc[c]cc1-n1ccnc1N(c1ccc(Cl)cc1)[SH](=O)=O. The molecule has 0 N–H and O–H groups in total. The lowest BCUT2D eigenvalue weighted by Gasteiger charge is -2.20. The van der Waals surface area contributed by atoms with Crippen LogP contribution in [0.4, 0.5) is 11.6 Å². The van der Waals surface area contributed by atoms with Gasteiger partial charge >= 0.3 is 5.97 Å². The number of carbonyl (C=O) groups excluding carboxylic acids is 1. The van der Waals surface area contributed by atoms with Crippen LogP contribution in [-0.4, -0.2) is 31.0 Å². The van der Waals surface area contributed by atoms with Crippen molar-refractivity contribution in [2.45, 2.75) is 12.8 Å². The Hall–Kier alpha value is -2.84. The number of carbonyl (C=O) groups is 1. The van der Waals surface area contributed by atoms with Crippen molar-refractivity contribution in [3.8, 4) is 5.69 Å². The van der Waals surface area contributed by atoms with Crippen LogP contribution >= 0.6 is 11.6 Å². The van der Waals surface area contributed by atoms with Crippen LogP contribution in [0.3, 0.4) is 0 Å². The summed E-state index contributed by atoms with van der Waals surface area (Å²) in [5.74, 6) is -0.132. The minimum absolute atomic E-state index is 0.192. The molecular weight excluding hydrogens is 402 g/mol. The summed E-state index contributed by atoms with van der Waals surface area (Å²) in [5.41, 5.74) is 1.92. The number of imidazole rings is 1.